The number of hydrogen-bond acceptors (Lipinski definition) is 7. The Balaban J connectivity index is 1.67. The second-order valence-electron chi connectivity index (χ2n) is 8.38. The fraction of sp³-hybridized carbons (Fsp3) is 0.346. The number of ether oxygens (including phenoxy) is 2. The number of aryl methyl sites for hydroxylation is 1. The number of benzene rings is 2. The van der Waals surface area contributed by atoms with E-state index >= 15 is 0 Å². The van der Waals surface area contributed by atoms with Crippen LogP contribution in [0, 0.1) is 0 Å². The van der Waals surface area contributed by atoms with Crippen LogP contribution >= 0.6 is 0 Å². The molecule has 0 aliphatic carbocycles. The van der Waals surface area contributed by atoms with E-state index in [0.717, 1.165) is 29.0 Å². The summed E-state index contributed by atoms with van der Waals surface area (Å²) < 4.78 is 50.3. The van der Waals surface area contributed by atoms with Crippen LogP contribution in [-0.2, 0) is 6.54 Å². The molecule has 0 aliphatic rings. The predicted molar refractivity (Wildman–Crippen MR) is 137 cm³/mol. The van der Waals surface area contributed by atoms with Gasteiger partial charge in [-0.2, -0.15) is 18.3 Å². The largest absolute Gasteiger partial charge is 0.497 e. The quantitative estimate of drug-likeness (QED) is 0.275. The van der Waals surface area contributed by atoms with Gasteiger partial charge in [0.25, 0.3) is 0 Å². The number of aromatic nitrogens is 4. The van der Waals surface area contributed by atoms with Crippen molar-refractivity contribution >= 4 is 22.4 Å². The molecule has 0 bridgehead atoms. The number of nitrogens with zero attached hydrogens (tertiary/aromatic N) is 5. The average Bonchev–Trinajstić information content (AvgIpc) is 3.38. The van der Waals surface area contributed by atoms with Crippen molar-refractivity contribution in [3.63, 3.8) is 0 Å². The van der Waals surface area contributed by atoms with Crippen LogP contribution in [-0.4, -0.2) is 59.8 Å². The van der Waals surface area contributed by atoms with Crippen molar-refractivity contribution in [1.82, 2.24) is 25.1 Å². The molecule has 0 atom stereocenters. The SMILES string of the molecule is CCn1cc(-c2cnc3ccc(N(CCCNCC(F)(F)F)c4cc(OC)cc(OC)c4)cc3n2)cn1. The highest BCUT2D eigenvalue weighted by molar-refractivity contribution is 5.82. The Morgan fingerprint density at radius 1 is 0.973 bits per heavy atom. The molecule has 4 rings (SSSR count). The highest BCUT2D eigenvalue weighted by Gasteiger charge is 2.26. The number of hydrogen-bond donors (Lipinski definition) is 1. The summed E-state index contributed by atoms with van der Waals surface area (Å²) in [5, 5.41) is 6.77. The monoisotopic (exact) mass is 514 g/mol. The lowest BCUT2D eigenvalue weighted by Gasteiger charge is -2.26. The second-order valence-corrected chi connectivity index (χ2v) is 8.38. The van der Waals surface area contributed by atoms with Gasteiger partial charge in [0.05, 0.1) is 49.9 Å². The number of alkyl halides is 3. The molecule has 37 heavy (non-hydrogen) atoms. The highest BCUT2D eigenvalue weighted by atomic mass is 19.4. The molecule has 0 saturated heterocycles. The first-order valence-corrected chi connectivity index (χ1v) is 11.9. The topological polar surface area (TPSA) is 77.3 Å². The zero-order valence-corrected chi connectivity index (χ0v) is 20.9. The highest BCUT2D eigenvalue weighted by Crippen LogP contribution is 2.34. The molecule has 0 radical (unpaired) electrons. The van der Waals surface area contributed by atoms with Crippen LogP contribution in [0.5, 0.6) is 11.5 Å². The van der Waals surface area contributed by atoms with Crippen LogP contribution in [0.15, 0.2) is 55.0 Å². The molecule has 196 valence electrons. The van der Waals surface area contributed by atoms with Gasteiger partial charge in [0.2, 0.25) is 0 Å². The molecular weight excluding hydrogens is 485 g/mol. The number of methoxy groups -OCH3 is 2. The van der Waals surface area contributed by atoms with Crippen molar-refractivity contribution in [2.75, 3.05) is 38.8 Å². The number of fused-ring (bicyclic) bond motifs is 1. The molecule has 11 heteroatoms. The van der Waals surface area contributed by atoms with Crippen LogP contribution in [0.25, 0.3) is 22.3 Å². The molecule has 0 aliphatic heterocycles. The molecule has 8 nitrogen and oxygen atoms in total. The third-order valence-corrected chi connectivity index (χ3v) is 5.80. The summed E-state index contributed by atoms with van der Waals surface area (Å²) in [5.74, 6) is 1.20. The summed E-state index contributed by atoms with van der Waals surface area (Å²) >= 11 is 0. The van der Waals surface area contributed by atoms with Crippen LogP contribution in [0.3, 0.4) is 0 Å². The molecule has 2 aromatic heterocycles. The van der Waals surface area contributed by atoms with Gasteiger partial charge in [0.1, 0.15) is 11.5 Å². The fourth-order valence-electron chi connectivity index (χ4n) is 3.92. The maximum atomic E-state index is 12.5. The zero-order valence-electron chi connectivity index (χ0n) is 20.9. The molecule has 2 heterocycles. The lowest BCUT2D eigenvalue weighted by molar-refractivity contribution is -0.124. The molecule has 1 N–H and O–H groups in total. The van der Waals surface area contributed by atoms with Crippen LogP contribution in [0.1, 0.15) is 13.3 Å². The van der Waals surface area contributed by atoms with E-state index in [9.17, 15) is 13.2 Å². The van der Waals surface area contributed by atoms with Gasteiger partial charge in [-0.3, -0.25) is 9.67 Å². The minimum Gasteiger partial charge on any atom is -0.497 e. The summed E-state index contributed by atoms with van der Waals surface area (Å²) in [6.45, 7) is 2.39. The molecular formula is C26H29F3N6O2. The van der Waals surface area contributed by atoms with Gasteiger partial charge in [0, 0.05) is 54.4 Å². The summed E-state index contributed by atoms with van der Waals surface area (Å²) in [5.41, 5.74) is 4.58. The lowest BCUT2D eigenvalue weighted by atomic mass is 10.1. The van der Waals surface area contributed by atoms with Gasteiger partial charge in [-0.15, -0.1) is 0 Å². The van der Waals surface area contributed by atoms with Crippen molar-refractivity contribution < 1.29 is 22.6 Å². The summed E-state index contributed by atoms with van der Waals surface area (Å²) in [6, 6.07) is 11.2. The van der Waals surface area contributed by atoms with Gasteiger partial charge in [-0.05, 0) is 38.1 Å². The maximum Gasteiger partial charge on any atom is 0.401 e. The van der Waals surface area contributed by atoms with Crippen LogP contribution < -0.4 is 19.7 Å². The lowest BCUT2D eigenvalue weighted by Crippen LogP contribution is -2.31. The smallest absolute Gasteiger partial charge is 0.401 e. The Hall–Kier alpha value is -3.86. The molecule has 4 aromatic rings. The molecule has 0 spiro atoms. The van der Waals surface area contributed by atoms with Crippen molar-refractivity contribution in [2.45, 2.75) is 26.1 Å². The van der Waals surface area contributed by atoms with E-state index in [0.29, 0.717) is 35.7 Å². The van der Waals surface area contributed by atoms with Crippen molar-refractivity contribution in [1.29, 1.82) is 0 Å². The van der Waals surface area contributed by atoms with Crippen molar-refractivity contribution in [3.8, 4) is 22.8 Å². The van der Waals surface area contributed by atoms with E-state index in [-0.39, 0.29) is 6.54 Å². The Kier molecular flexibility index (Phi) is 8.12. The minimum atomic E-state index is -4.25. The fourth-order valence-corrected chi connectivity index (χ4v) is 3.92. The van der Waals surface area contributed by atoms with Gasteiger partial charge < -0.3 is 19.7 Å². The maximum absolute atomic E-state index is 12.5. The van der Waals surface area contributed by atoms with E-state index < -0.39 is 12.7 Å². The Labute approximate surface area is 213 Å². The minimum absolute atomic E-state index is 0.204. The second kappa shape index (κ2) is 11.5. The molecule has 2 aromatic carbocycles. The number of rotatable bonds is 11. The molecule has 0 saturated carbocycles. The predicted octanol–water partition coefficient (Wildman–Crippen LogP) is 5.21. The molecule has 0 amide bonds. The van der Waals surface area contributed by atoms with E-state index in [1.54, 1.807) is 32.7 Å². The third kappa shape index (κ3) is 6.67. The standard InChI is InChI=1S/C26H29F3N6O2/c1-4-34-16-18(14-32-34)25-15-31-23-7-6-19(12-24(23)33-25)35(9-5-8-30-17-26(27,28)29)20-10-21(36-2)13-22(11-20)37-3/h6-7,10-16,30H,4-5,8-9,17H2,1-3H3. The van der Waals surface area contributed by atoms with Gasteiger partial charge in [-0.1, -0.05) is 0 Å². The number of halogens is 3. The first kappa shape index (κ1) is 26.2. The van der Waals surface area contributed by atoms with Crippen LogP contribution in [0.4, 0.5) is 24.5 Å². The summed E-state index contributed by atoms with van der Waals surface area (Å²) in [6.07, 6.45) is 1.61. The van der Waals surface area contributed by atoms with E-state index in [1.165, 1.54) is 0 Å². The Morgan fingerprint density at radius 2 is 1.73 bits per heavy atom. The third-order valence-electron chi connectivity index (χ3n) is 5.80. The Bertz CT molecular complexity index is 1320. The van der Waals surface area contributed by atoms with Crippen molar-refractivity contribution in [3.05, 3.63) is 55.0 Å². The number of nitrogens with one attached hydrogen (secondary N) is 1. The van der Waals surface area contributed by atoms with E-state index in [4.69, 9.17) is 14.5 Å². The summed E-state index contributed by atoms with van der Waals surface area (Å²) in [4.78, 5) is 11.4. The van der Waals surface area contributed by atoms with Crippen LogP contribution in [0.2, 0.25) is 0 Å². The van der Waals surface area contributed by atoms with E-state index in [1.807, 2.05) is 53.0 Å². The van der Waals surface area contributed by atoms with Gasteiger partial charge >= 0.3 is 6.18 Å². The average molecular weight is 515 g/mol. The summed E-state index contributed by atoms with van der Waals surface area (Å²) in [7, 11) is 3.13. The van der Waals surface area contributed by atoms with Gasteiger partial charge in [0.15, 0.2) is 0 Å². The molecule has 0 unspecified atom stereocenters. The normalized spacial score (nSPS) is 11.6. The first-order chi connectivity index (χ1) is 17.8. The van der Waals surface area contributed by atoms with Gasteiger partial charge in [-0.25, -0.2) is 4.98 Å². The zero-order chi connectivity index (χ0) is 26.4. The molecule has 0 fully saturated rings. The Morgan fingerprint density at radius 3 is 2.38 bits per heavy atom. The number of anilines is 2. The first-order valence-electron chi connectivity index (χ1n) is 11.9. The van der Waals surface area contributed by atoms with Crippen molar-refractivity contribution in [2.24, 2.45) is 0 Å². The van der Waals surface area contributed by atoms with E-state index in [2.05, 4.69) is 15.4 Å².